The molecule has 0 spiro atoms. The minimum absolute atomic E-state index is 0.258. The van der Waals surface area contributed by atoms with Crippen molar-refractivity contribution >= 4 is 5.97 Å². The maximum atomic E-state index is 10.9. The zero-order valence-corrected chi connectivity index (χ0v) is 11.8. The lowest BCUT2D eigenvalue weighted by Crippen LogP contribution is -2.45. The van der Waals surface area contributed by atoms with Crippen LogP contribution in [-0.4, -0.2) is 41.7 Å². The molecule has 0 amide bonds. The molecule has 1 saturated heterocycles. The molecule has 2 atom stereocenters. The zero-order chi connectivity index (χ0) is 14.0. The van der Waals surface area contributed by atoms with E-state index in [4.69, 9.17) is 9.52 Å². The largest absolute Gasteiger partial charge is 0.478 e. The first kappa shape index (κ1) is 14.1. The minimum atomic E-state index is -0.930. The van der Waals surface area contributed by atoms with Gasteiger partial charge in [-0.05, 0) is 46.3 Å². The van der Waals surface area contributed by atoms with E-state index in [1.54, 1.807) is 13.0 Å². The van der Waals surface area contributed by atoms with Crippen LogP contribution in [0.3, 0.4) is 0 Å². The molecule has 1 aliphatic heterocycles. The van der Waals surface area contributed by atoms with Gasteiger partial charge in [0.2, 0.25) is 0 Å². The number of carbonyl (C=O) groups is 1. The highest BCUT2D eigenvalue weighted by Gasteiger charge is 2.22. The average molecular weight is 266 g/mol. The van der Waals surface area contributed by atoms with Crippen LogP contribution >= 0.6 is 0 Å². The van der Waals surface area contributed by atoms with E-state index in [0.29, 0.717) is 30.1 Å². The second-order valence-corrected chi connectivity index (χ2v) is 5.42. The molecule has 2 heterocycles. The van der Waals surface area contributed by atoms with Crippen LogP contribution in [0, 0.1) is 6.92 Å². The van der Waals surface area contributed by atoms with Crippen molar-refractivity contribution in [1.82, 2.24) is 10.2 Å². The van der Waals surface area contributed by atoms with Crippen molar-refractivity contribution in [3.8, 4) is 0 Å². The van der Waals surface area contributed by atoms with Gasteiger partial charge in [0, 0.05) is 12.1 Å². The molecule has 1 aromatic rings. The molecule has 106 valence electrons. The third-order valence-corrected chi connectivity index (χ3v) is 3.97. The highest BCUT2D eigenvalue weighted by molar-refractivity contribution is 5.88. The number of likely N-dealkylation sites (tertiary alicyclic amines) is 1. The van der Waals surface area contributed by atoms with E-state index in [0.717, 1.165) is 19.4 Å². The van der Waals surface area contributed by atoms with Gasteiger partial charge in [-0.1, -0.05) is 0 Å². The Hall–Kier alpha value is -1.33. The first-order valence-electron chi connectivity index (χ1n) is 6.73. The van der Waals surface area contributed by atoms with E-state index in [1.807, 2.05) is 0 Å². The van der Waals surface area contributed by atoms with Crippen LogP contribution in [0.4, 0.5) is 0 Å². The van der Waals surface area contributed by atoms with Crippen molar-refractivity contribution in [3.63, 3.8) is 0 Å². The number of nitrogens with zero attached hydrogens (tertiary/aromatic N) is 1. The molecule has 19 heavy (non-hydrogen) atoms. The summed E-state index contributed by atoms with van der Waals surface area (Å²) in [5, 5.41) is 12.4. The SMILES string of the molecule is Cc1oc(CNC2CCN(C)C(C)C2)cc1C(=O)O. The fourth-order valence-corrected chi connectivity index (χ4v) is 2.56. The molecule has 2 unspecified atom stereocenters. The van der Waals surface area contributed by atoms with Gasteiger partial charge in [0.15, 0.2) is 0 Å². The number of rotatable bonds is 4. The molecule has 2 rings (SSSR count). The molecule has 1 aliphatic rings. The van der Waals surface area contributed by atoms with Crippen molar-refractivity contribution < 1.29 is 14.3 Å². The molecule has 0 aliphatic carbocycles. The lowest BCUT2D eigenvalue weighted by Gasteiger charge is -2.35. The van der Waals surface area contributed by atoms with Crippen LogP contribution in [0.25, 0.3) is 0 Å². The Kier molecular flexibility index (Phi) is 4.27. The summed E-state index contributed by atoms with van der Waals surface area (Å²) in [6.45, 7) is 5.60. The minimum Gasteiger partial charge on any atom is -0.478 e. The van der Waals surface area contributed by atoms with Crippen LogP contribution in [0.1, 0.15) is 41.6 Å². The topological polar surface area (TPSA) is 65.7 Å². The normalized spacial score (nSPS) is 24.6. The van der Waals surface area contributed by atoms with Crippen LogP contribution in [-0.2, 0) is 6.54 Å². The number of piperidine rings is 1. The number of aryl methyl sites for hydroxylation is 1. The average Bonchev–Trinajstić information content (AvgIpc) is 2.72. The van der Waals surface area contributed by atoms with Crippen molar-refractivity contribution in [3.05, 3.63) is 23.2 Å². The molecule has 1 fully saturated rings. The lowest BCUT2D eigenvalue weighted by atomic mass is 9.99. The Morgan fingerprint density at radius 3 is 2.95 bits per heavy atom. The summed E-state index contributed by atoms with van der Waals surface area (Å²) in [5.74, 6) is 0.239. The Morgan fingerprint density at radius 2 is 2.37 bits per heavy atom. The number of carboxylic acid groups (broad SMARTS) is 1. The van der Waals surface area contributed by atoms with E-state index in [-0.39, 0.29) is 5.56 Å². The molecule has 5 heteroatoms. The summed E-state index contributed by atoms with van der Waals surface area (Å²) in [7, 11) is 2.15. The number of nitrogens with one attached hydrogen (secondary N) is 1. The maximum absolute atomic E-state index is 10.9. The first-order valence-corrected chi connectivity index (χ1v) is 6.73. The van der Waals surface area contributed by atoms with Crippen LogP contribution in [0.5, 0.6) is 0 Å². The highest BCUT2D eigenvalue weighted by Crippen LogP contribution is 2.18. The quantitative estimate of drug-likeness (QED) is 0.870. The summed E-state index contributed by atoms with van der Waals surface area (Å²) < 4.78 is 5.46. The first-order chi connectivity index (χ1) is 8.97. The number of hydrogen-bond donors (Lipinski definition) is 2. The summed E-state index contributed by atoms with van der Waals surface area (Å²) in [4.78, 5) is 13.3. The second-order valence-electron chi connectivity index (χ2n) is 5.42. The van der Waals surface area contributed by atoms with E-state index < -0.39 is 5.97 Å². The van der Waals surface area contributed by atoms with E-state index in [2.05, 4.69) is 24.2 Å². The van der Waals surface area contributed by atoms with Gasteiger partial charge < -0.3 is 19.7 Å². The maximum Gasteiger partial charge on any atom is 0.339 e. The highest BCUT2D eigenvalue weighted by atomic mass is 16.4. The predicted octanol–water partition coefficient (Wildman–Crippen LogP) is 1.86. The van der Waals surface area contributed by atoms with Gasteiger partial charge >= 0.3 is 5.97 Å². The lowest BCUT2D eigenvalue weighted by molar-refractivity contribution is 0.0695. The van der Waals surface area contributed by atoms with Gasteiger partial charge in [0.1, 0.15) is 17.1 Å². The zero-order valence-electron chi connectivity index (χ0n) is 11.8. The monoisotopic (exact) mass is 266 g/mol. The van der Waals surface area contributed by atoms with E-state index >= 15 is 0 Å². The van der Waals surface area contributed by atoms with Gasteiger partial charge in [0.25, 0.3) is 0 Å². The molecule has 0 saturated carbocycles. The standard InChI is InChI=1S/C14H22N2O3/c1-9-6-11(4-5-16(9)3)15-8-12-7-13(14(17)18)10(2)19-12/h7,9,11,15H,4-6,8H2,1-3H3,(H,17,18). The Morgan fingerprint density at radius 1 is 1.63 bits per heavy atom. The van der Waals surface area contributed by atoms with Gasteiger partial charge in [0.05, 0.1) is 6.54 Å². The third-order valence-electron chi connectivity index (χ3n) is 3.97. The summed E-state index contributed by atoms with van der Waals surface area (Å²) >= 11 is 0. The molecule has 0 radical (unpaired) electrons. The van der Waals surface area contributed by atoms with Gasteiger partial charge in [-0.3, -0.25) is 0 Å². The third kappa shape index (κ3) is 3.36. The number of furan rings is 1. The molecule has 0 aromatic carbocycles. The van der Waals surface area contributed by atoms with Gasteiger partial charge in [-0.15, -0.1) is 0 Å². The van der Waals surface area contributed by atoms with Crippen LogP contribution in [0.2, 0.25) is 0 Å². The van der Waals surface area contributed by atoms with Gasteiger partial charge in [-0.2, -0.15) is 0 Å². The van der Waals surface area contributed by atoms with Crippen molar-refractivity contribution in [2.45, 2.75) is 45.3 Å². The van der Waals surface area contributed by atoms with Crippen LogP contribution < -0.4 is 5.32 Å². The van der Waals surface area contributed by atoms with Gasteiger partial charge in [-0.25, -0.2) is 4.79 Å². The number of hydrogen-bond acceptors (Lipinski definition) is 4. The molecule has 1 aromatic heterocycles. The predicted molar refractivity (Wildman–Crippen MR) is 72.4 cm³/mol. The van der Waals surface area contributed by atoms with Crippen LogP contribution in [0.15, 0.2) is 10.5 Å². The summed E-state index contributed by atoms with van der Waals surface area (Å²) in [6.07, 6.45) is 2.23. The van der Waals surface area contributed by atoms with Crippen molar-refractivity contribution in [2.75, 3.05) is 13.6 Å². The van der Waals surface area contributed by atoms with Crippen molar-refractivity contribution in [2.24, 2.45) is 0 Å². The number of carboxylic acids is 1. The Bertz CT molecular complexity index is 456. The fraction of sp³-hybridized carbons (Fsp3) is 0.643. The fourth-order valence-electron chi connectivity index (χ4n) is 2.56. The van der Waals surface area contributed by atoms with E-state index in [9.17, 15) is 4.79 Å². The Labute approximate surface area is 113 Å². The molecule has 0 bridgehead atoms. The molecular formula is C14H22N2O3. The summed E-state index contributed by atoms with van der Waals surface area (Å²) in [6, 6.07) is 2.67. The second kappa shape index (κ2) is 5.75. The molecule has 2 N–H and O–H groups in total. The summed E-state index contributed by atoms with van der Waals surface area (Å²) in [5.41, 5.74) is 0.258. The van der Waals surface area contributed by atoms with E-state index in [1.165, 1.54) is 0 Å². The molecular weight excluding hydrogens is 244 g/mol. The van der Waals surface area contributed by atoms with Crippen molar-refractivity contribution in [1.29, 1.82) is 0 Å². The molecule has 5 nitrogen and oxygen atoms in total. The number of aromatic carboxylic acids is 1. The Balaban J connectivity index is 1.89. The smallest absolute Gasteiger partial charge is 0.339 e.